The lowest BCUT2D eigenvalue weighted by Gasteiger charge is -2.21. The van der Waals surface area contributed by atoms with E-state index in [0.29, 0.717) is 22.9 Å². The Morgan fingerprint density at radius 1 is 1.29 bits per heavy atom. The number of nitrogens with one attached hydrogen (secondary N) is 1. The number of anilines is 2. The second kappa shape index (κ2) is 8.30. The Balaban J connectivity index is 1.99. The van der Waals surface area contributed by atoms with Crippen molar-refractivity contribution in [3.05, 3.63) is 77.6 Å². The molecule has 2 heterocycles. The monoisotopic (exact) mass is 375 g/mol. The van der Waals surface area contributed by atoms with Gasteiger partial charge in [0.15, 0.2) is 11.7 Å². The zero-order chi connectivity index (χ0) is 20.1. The summed E-state index contributed by atoms with van der Waals surface area (Å²) in [6.07, 6.45) is 7.11. The van der Waals surface area contributed by atoms with Gasteiger partial charge in [-0.25, -0.2) is 9.98 Å². The van der Waals surface area contributed by atoms with Crippen molar-refractivity contribution in [2.24, 2.45) is 4.99 Å². The molecular formula is C21H21N5O2. The molecule has 142 valence electrons. The van der Waals surface area contributed by atoms with Crippen molar-refractivity contribution in [1.82, 2.24) is 4.98 Å². The number of nitrogens with two attached hydrogens (primary N) is 1. The third-order valence-corrected chi connectivity index (χ3v) is 4.07. The van der Waals surface area contributed by atoms with Crippen LogP contribution in [0.25, 0.3) is 0 Å². The molecule has 1 aliphatic rings. The zero-order valence-electron chi connectivity index (χ0n) is 15.7. The van der Waals surface area contributed by atoms with Crippen molar-refractivity contribution in [3.8, 4) is 0 Å². The SMILES string of the molecule is C/C=C/C=C1/N=C(c2cccnc2N)N(c2ccc(COC(C)=O)cc2)C1=N. The molecule has 0 aliphatic carbocycles. The Labute approximate surface area is 163 Å². The van der Waals surface area contributed by atoms with Gasteiger partial charge < -0.3 is 10.5 Å². The van der Waals surface area contributed by atoms with E-state index in [4.69, 9.17) is 15.9 Å². The minimum atomic E-state index is -0.328. The first-order valence-electron chi connectivity index (χ1n) is 8.75. The first-order chi connectivity index (χ1) is 13.5. The number of aromatic nitrogens is 1. The van der Waals surface area contributed by atoms with Crippen LogP contribution in [0.4, 0.5) is 11.5 Å². The van der Waals surface area contributed by atoms with Crippen LogP contribution in [-0.2, 0) is 16.1 Å². The normalized spacial score (nSPS) is 15.4. The molecule has 2 aromatic rings. The fourth-order valence-electron chi connectivity index (χ4n) is 2.71. The Hall–Kier alpha value is -3.74. The molecule has 7 heteroatoms. The molecule has 3 N–H and O–H groups in total. The number of hydrogen-bond donors (Lipinski definition) is 2. The lowest BCUT2D eigenvalue weighted by molar-refractivity contribution is -0.142. The minimum absolute atomic E-state index is 0.204. The molecule has 0 saturated carbocycles. The Morgan fingerprint density at radius 3 is 2.68 bits per heavy atom. The summed E-state index contributed by atoms with van der Waals surface area (Å²) in [6, 6.07) is 11.0. The molecule has 0 unspecified atom stereocenters. The summed E-state index contributed by atoms with van der Waals surface area (Å²) in [5.74, 6) is 0.798. The third kappa shape index (κ3) is 3.98. The van der Waals surface area contributed by atoms with Crippen LogP contribution in [-0.4, -0.2) is 22.6 Å². The lowest BCUT2D eigenvalue weighted by Crippen LogP contribution is -2.32. The highest BCUT2D eigenvalue weighted by atomic mass is 16.5. The molecule has 28 heavy (non-hydrogen) atoms. The Bertz CT molecular complexity index is 990. The topological polar surface area (TPSA) is 105 Å². The number of nitrogens with zero attached hydrogens (tertiary/aromatic N) is 3. The standard InChI is InChI=1S/C21H21N5O2/c1-3-4-7-18-20(23)26(21(25-18)17-6-5-12-24-19(17)22)16-10-8-15(9-11-16)13-28-14(2)27/h3-12,23H,13H2,1-2H3,(H2,22,24)/b4-3+,18-7+,23-20?. The predicted octanol–water partition coefficient (Wildman–Crippen LogP) is 3.43. The number of amidine groups is 2. The molecule has 1 aliphatic heterocycles. The largest absolute Gasteiger partial charge is 0.461 e. The lowest BCUT2D eigenvalue weighted by atomic mass is 10.1. The van der Waals surface area contributed by atoms with E-state index in [9.17, 15) is 4.79 Å². The van der Waals surface area contributed by atoms with Gasteiger partial charge >= 0.3 is 5.97 Å². The van der Waals surface area contributed by atoms with Gasteiger partial charge in [0.1, 0.15) is 18.1 Å². The molecule has 1 aromatic heterocycles. The van der Waals surface area contributed by atoms with Crippen LogP contribution in [0.5, 0.6) is 0 Å². The summed E-state index contributed by atoms with van der Waals surface area (Å²) in [6.45, 7) is 3.48. The number of ether oxygens (including phenoxy) is 1. The summed E-state index contributed by atoms with van der Waals surface area (Å²) in [5, 5.41) is 8.60. The minimum Gasteiger partial charge on any atom is -0.461 e. The Kier molecular flexibility index (Phi) is 5.64. The van der Waals surface area contributed by atoms with Crippen LogP contribution < -0.4 is 10.6 Å². The average Bonchev–Trinajstić information content (AvgIpc) is 3.01. The molecule has 0 fully saturated rings. The maximum atomic E-state index is 11.0. The molecule has 0 amide bonds. The Morgan fingerprint density at radius 2 is 2.04 bits per heavy atom. The van der Waals surface area contributed by atoms with Gasteiger partial charge in [0.25, 0.3) is 0 Å². The molecule has 3 rings (SSSR count). The number of carbonyl (C=O) groups excluding carboxylic acids is 1. The van der Waals surface area contributed by atoms with Crippen molar-refractivity contribution in [1.29, 1.82) is 5.41 Å². The number of rotatable bonds is 5. The van der Waals surface area contributed by atoms with Gasteiger partial charge in [-0.15, -0.1) is 0 Å². The van der Waals surface area contributed by atoms with E-state index >= 15 is 0 Å². The van der Waals surface area contributed by atoms with Crippen LogP contribution in [0.1, 0.15) is 25.0 Å². The quantitative estimate of drug-likeness (QED) is 0.779. The number of hydrogen-bond acceptors (Lipinski definition) is 6. The molecule has 0 spiro atoms. The molecule has 0 atom stereocenters. The maximum absolute atomic E-state index is 11.0. The van der Waals surface area contributed by atoms with Crippen molar-refractivity contribution in [3.63, 3.8) is 0 Å². The zero-order valence-corrected chi connectivity index (χ0v) is 15.7. The average molecular weight is 375 g/mol. The van der Waals surface area contributed by atoms with Crippen LogP contribution in [0.3, 0.4) is 0 Å². The van der Waals surface area contributed by atoms with E-state index in [1.54, 1.807) is 23.2 Å². The first-order valence-corrected chi connectivity index (χ1v) is 8.75. The third-order valence-electron chi connectivity index (χ3n) is 4.07. The number of esters is 1. The fourth-order valence-corrected chi connectivity index (χ4v) is 2.71. The van der Waals surface area contributed by atoms with Gasteiger partial charge in [-0.05, 0) is 42.8 Å². The van der Waals surface area contributed by atoms with E-state index in [1.165, 1.54) is 6.92 Å². The van der Waals surface area contributed by atoms with Crippen molar-refractivity contribution in [2.75, 3.05) is 10.6 Å². The molecular weight excluding hydrogens is 354 g/mol. The van der Waals surface area contributed by atoms with Crippen LogP contribution in [0.2, 0.25) is 0 Å². The van der Waals surface area contributed by atoms with Crippen molar-refractivity contribution >= 4 is 29.1 Å². The summed E-state index contributed by atoms with van der Waals surface area (Å²) < 4.78 is 5.02. The van der Waals surface area contributed by atoms with Crippen LogP contribution in [0.15, 0.2) is 71.5 Å². The van der Waals surface area contributed by atoms with Gasteiger partial charge in [-0.3, -0.25) is 15.1 Å². The fraction of sp³-hybridized carbons (Fsp3) is 0.143. The van der Waals surface area contributed by atoms with E-state index < -0.39 is 0 Å². The summed E-state index contributed by atoms with van der Waals surface area (Å²) >= 11 is 0. The highest BCUT2D eigenvalue weighted by Crippen LogP contribution is 2.28. The summed E-state index contributed by atoms with van der Waals surface area (Å²) in [5.41, 5.74) is 8.84. The van der Waals surface area contributed by atoms with E-state index in [1.807, 2.05) is 49.4 Å². The van der Waals surface area contributed by atoms with Crippen LogP contribution >= 0.6 is 0 Å². The van der Waals surface area contributed by atoms with E-state index in [0.717, 1.165) is 11.3 Å². The molecule has 1 aromatic carbocycles. The highest BCUT2D eigenvalue weighted by Gasteiger charge is 2.30. The number of benzene rings is 1. The van der Waals surface area contributed by atoms with E-state index in [2.05, 4.69) is 9.98 Å². The number of carbonyl (C=O) groups is 1. The highest BCUT2D eigenvalue weighted by molar-refractivity contribution is 6.34. The van der Waals surface area contributed by atoms with Gasteiger partial charge in [0, 0.05) is 18.8 Å². The number of nitrogen functional groups attached to an aromatic ring is 1. The first kappa shape index (κ1) is 19.0. The summed E-state index contributed by atoms with van der Waals surface area (Å²) in [7, 11) is 0. The van der Waals surface area contributed by atoms with Gasteiger partial charge in [-0.1, -0.05) is 24.3 Å². The second-order valence-corrected chi connectivity index (χ2v) is 6.08. The van der Waals surface area contributed by atoms with Crippen molar-refractivity contribution < 1.29 is 9.53 Å². The molecule has 0 saturated heterocycles. The maximum Gasteiger partial charge on any atom is 0.302 e. The second-order valence-electron chi connectivity index (χ2n) is 6.08. The number of pyridine rings is 1. The van der Waals surface area contributed by atoms with Gasteiger partial charge in [0.2, 0.25) is 0 Å². The smallest absolute Gasteiger partial charge is 0.302 e. The van der Waals surface area contributed by atoms with Crippen molar-refractivity contribution in [2.45, 2.75) is 20.5 Å². The molecule has 7 nitrogen and oxygen atoms in total. The molecule has 0 bridgehead atoms. The molecule has 0 radical (unpaired) electrons. The number of allylic oxidation sites excluding steroid dienone is 3. The van der Waals surface area contributed by atoms with E-state index in [-0.39, 0.29) is 18.4 Å². The predicted molar refractivity (Wildman–Crippen MR) is 110 cm³/mol. The number of aliphatic imine (C=N–C) groups is 1. The van der Waals surface area contributed by atoms with Gasteiger partial charge in [-0.2, -0.15) is 0 Å². The van der Waals surface area contributed by atoms with Gasteiger partial charge in [0.05, 0.1) is 5.56 Å². The van der Waals surface area contributed by atoms with Crippen LogP contribution in [0, 0.1) is 5.41 Å². The summed E-state index contributed by atoms with van der Waals surface area (Å²) in [4.78, 5) is 21.5.